The van der Waals surface area contributed by atoms with Gasteiger partial charge in [0.05, 0.1) is 18.3 Å². The summed E-state index contributed by atoms with van der Waals surface area (Å²) in [5.41, 5.74) is 1.55. The minimum Gasteiger partial charge on any atom is -0.477 e. The van der Waals surface area contributed by atoms with Gasteiger partial charge in [0.1, 0.15) is 16.6 Å². The van der Waals surface area contributed by atoms with E-state index in [9.17, 15) is 0 Å². The van der Waals surface area contributed by atoms with Crippen LogP contribution in [0.5, 0.6) is 11.9 Å². The molecule has 0 amide bonds. The van der Waals surface area contributed by atoms with Gasteiger partial charge >= 0.3 is 0 Å². The lowest BCUT2D eigenvalue weighted by molar-refractivity contribution is 0.138. The minimum atomic E-state index is 0.256. The van der Waals surface area contributed by atoms with Crippen LogP contribution in [0, 0.1) is 0 Å². The van der Waals surface area contributed by atoms with E-state index in [2.05, 4.69) is 9.97 Å². The highest BCUT2D eigenvalue weighted by Crippen LogP contribution is 2.33. The van der Waals surface area contributed by atoms with Crippen molar-refractivity contribution in [3.8, 4) is 11.9 Å². The maximum atomic E-state index is 6.43. The molecule has 0 saturated heterocycles. The van der Waals surface area contributed by atoms with Gasteiger partial charge in [-0.2, -0.15) is 4.98 Å². The van der Waals surface area contributed by atoms with Gasteiger partial charge in [-0.1, -0.05) is 24.9 Å². The van der Waals surface area contributed by atoms with Crippen LogP contribution in [0.25, 0.3) is 11.0 Å². The first-order valence-electron chi connectivity index (χ1n) is 8.01. The molecule has 120 valence electrons. The van der Waals surface area contributed by atoms with E-state index >= 15 is 0 Å². The molecule has 22 heavy (non-hydrogen) atoms. The van der Waals surface area contributed by atoms with Crippen molar-refractivity contribution in [1.82, 2.24) is 14.5 Å². The number of aromatic nitrogens is 3. The number of nitrogens with zero attached hydrogens (tertiary/aromatic N) is 3. The van der Waals surface area contributed by atoms with Crippen LogP contribution in [-0.4, -0.2) is 27.2 Å². The summed E-state index contributed by atoms with van der Waals surface area (Å²) in [6.07, 6.45) is 8.82. The van der Waals surface area contributed by atoms with E-state index in [0.29, 0.717) is 23.5 Å². The van der Waals surface area contributed by atoms with Crippen molar-refractivity contribution in [2.45, 2.75) is 51.6 Å². The molecule has 0 spiro atoms. The molecule has 1 saturated carbocycles. The van der Waals surface area contributed by atoms with Crippen LogP contribution in [0.2, 0.25) is 5.02 Å². The van der Waals surface area contributed by atoms with Crippen molar-refractivity contribution < 1.29 is 9.47 Å². The first kappa shape index (κ1) is 15.4. The van der Waals surface area contributed by atoms with Gasteiger partial charge in [0.25, 0.3) is 6.01 Å². The zero-order valence-corrected chi connectivity index (χ0v) is 13.9. The van der Waals surface area contributed by atoms with Gasteiger partial charge in [0.2, 0.25) is 5.88 Å². The molecule has 5 nitrogen and oxygen atoms in total. The number of fused-ring (bicyclic) bond motifs is 1. The second-order valence-electron chi connectivity index (χ2n) is 5.79. The molecule has 0 radical (unpaired) electrons. The van der Waals surface area contributed by atoms with E-state index in [-0.39, 0.29) is 6.10 Å². The Morgan fingerprint density at radius 3 is 2.82 bits per heavy atom. The number of aryl methyl sites for hydroxylation is 1. The van der Waals surface area contributed by atoms with E-state index in [4.69, 9.17) is 21.1 Å². The molecule has 0 atom stereocenters. The largest absolute Gasteiger partial charge is 0.477 e. The Bertz CT molecular complexity index is 650. The van der Waals surface area contributed by atoms with Crippen LogP contribution >= 0.6 is 11.6 Å². The number of hydrogen-bond donors (Lipinski definition) is 0. The highest BCUT2D eigenvalue weighted by molar-refractivity contribution is 6.36. The standard InChI is InChI=1S/C16H22ClN3O2/c1-3-9-21-15-13(17)14-12(10-18-15)19-16(20(14)2)22-11-7-5-4-6-8-11/h10-11H,3-9H2,1-2H3. The van der Waals surface area contributed by atoms with Crippen molar-refractivity contribution in [3.05, 3.63) is 11.2 Å². The van der Waals surface area contributed by atoms with Crippen LogP contribution in [0.3, 0.4) is 0 Å². The third-order valence-electron chi connectivity index (χ3n) is 4.05. The molecule has 1 aliphatic rings. The molecule has 6 heteroatoms. The summed E-state index contributed by atoms with van der Waals surface area (Å²) in [6, 6.07) is 0.609. The van der Waals surface area contributed by atoms with Crippen molar-refractivity contribution in [1.29, 1.82) is 0 Å². The molecule has 2 aromatic rings. The Hall–Kier alpha value is -1.49. The topological polar surface area (TPSA) is 49.2 Å². The maximum Gasteiger partial charge on any atom is 0.297 e. The molecule has 1 aliphatic carbocycles. The lowest BCUT2D eigenvalue weighted by Gasteiger charge is -2.22. The van der Waals surface area contributed by atoms with E-state index < -0.39 is 0 Å². The third kappa shape index (κ3) is 3.00. The third-order valence-corrected chi connectivity index (χ3v) is 4.39. The Balaban J connectivity index is 1.89. The van der Waals surface area contributed by atoms with Gasteiger partial charge in [-0.05, 0) is 32.1 Å². The fourth-order valence-electron chi connectivity index (χ4n) is 2.86. The smallest absolute Gasteiger partial charge is 0.297 e. The Morgan fingerprint density at radius 1 is 1.32 bits per heavy atom. The lowest BCUT2D eigenvalue weighted by Crippen LogP contribution is -2.21. The lowest BCUT2D eigenvalue weighted by atomic mass is 9.98. The zero-order valence-electron chi connectivity index (χ0n) is 13.1. The summed E-state index contributed by atoms with van der Waals surface area (Å²) < 4.78 is 13.6. The maximum absolute atomic E-state index is 6.43. The van der Waals surface area contributed by atoms with Gasteiger partial charge in [0.15, 0.2) is 0 Å². The quantitative estimate of drug-likeness (QED) is 0.830. The van der Waals surface area contributed by atoms with Gasteiger partial charge in [-0.15, -0.1) is 0 Å². The molecular weight excluding hydrogens is 302 g/mol. The molecule has 2 heterocycles. The summed E-state index contributed by atoms with van der Waals surface area (Å²) in [7, 11) is 1.92. The van der Waals surface area contributed by atoms with Crippen molar-refractivity contribution in [2.24, 2.45) is 7.05 Å². The molecule has 0 unspecified atom stereocenters. The number of hydrogen-bond acceptors (Lipinski definition) is 4. The SMILES string of the molecule is CCCOc1ncc2nc(OC3CCCCC3)n(C)c2c1Cl. The van der Waals surface area contributed by atoms with Crippen molar-refractivity contribution in [3.63, 3.8) is 0 Å². The normalized spacial score (nSPS) is 16.1. The fraction of sp³-hybridized carbons (Fsp3) is 0.625. The molecular formula is C16H22ClN3O2. The molecule has 2 aromatic heterocycles. The van der Waals surface area contributed by atoms with Gasteiger partial charge in [-0.3, -0.25) is 4.57 Å². The van der Waals surface area contributed by atoms with E-state index in [1.54, 1.807) is 6.20 Å². The fourth-order valence-corrected chi connectivity index (χ4v) is 3.19. The monoisotopic (exact) mass is 323 g/mol. The average Bonchev–Trinajstić information content (AvgIpc) is 2.85. The molecule has 3 rings (SSSR count). The van der Waals surface area contributed by atoms with Crippen LogP contribution in [-0.2, 0) is 7.05 Å². The summed E-state index contributed by atoms with van der Waals surface area (Å²) in [4.78, 5) is 8.79. The van der Waals surface area contributed by atoms with E-state index in [0.717, 1.165) is 30.3 Å². The van der Waals surface area contributed by atoms with Crippen LogP contribution in [0.4, 0.5) is 0 Å². The first-order chi connectivity index (χ1) is 10.7. The van der Waals surface area contributed by atoms with Gasteiger partial charge in [0, 0.05) is 7.05 Å². The number of pyridine rings is 1. The van der Waals surface area contributed by atoms with Crippen LogP contribution in [0.1, 0.15) is 45.4 Å². The Labute approximate surface area is 135 Å². The second-order valence-corrected chi connectivity index (χ2v) is 6.17. The highest BCUT2D eigenvalue weighted by Gasteiger charge is 2.21. The molecule has 0 N–H and O–H groups in total. The van der Waals surface area contributed by atoms with Crippen LogP contribution < -0.4 is 9.47 Å². The minimum absolute atomic E-state index is 0.256. The van der Waals surface area contributed by atoms with E-state index in [1.807, 2.05) is 18.5 Å². The number of rotatable bonds is 5. The van der Waals surface area contributed by atoms with Crippen molar-refractivity contribution in [2.75, 3.05) is 6.61 Å². The molecule has 1 fully saturated rings. The Kier molecular flexibility index (Phi) is 4.71. The van der Waals surface area contributed by atoms with Gasteiger partial charge in [-0.25, -0.2) is 4.98 Å². The summed E-state index contributed by atoms with van der Waals surface area (Å²) >= 11 is 6.43. The number of imidazole rings is 1. The summed E-state index contributed by atoms with van der Waals surface area (Å²) in [5, 5.41) is 0.499. The van der Waals surface area contributed by atoms with Crippen LogP contribution in [0.15, 0.2) is 6.20 Å². The summed E-state index contributed by atoms with van der Waals surface area (Å²) in [6.45, 7) is 2.65. The second kappa shape index (κ2) is 6.73. The highest BCUT2D eigenvalue weighted by atomic mass is 35.5. The zero-order chi connectivity index (χ0) is 15.5. The molecule has 0 aromatic carbocycles. The average molecular weight is 324 g/mol. The number of halogens is 1. The van der Waals surface area contributed by atoms with Crippen molar-refractivity contribution >= 4 is 22.6 Å². The molecule has 0 aliphatic heterocycles. The predicted molar refractivity (Wildman–Crippen MR) is 86.8 cm³/mol. The van der Waals surface area contributed by atoms with E-state index in [1.165, 1.54) is 19.3 Å². The molecule has 0 bridgehead atoms. The predicted octanol–water partition coefficient (Wildman–Crippen LogP) is 4.12. The first-order valence-corrected chi connectivity index (χ1v) is 8.39. The summed E-state index contributed by atoms with van der Waals surface area (Å²) in [5.74, 6) is 0.461. The number of ether oxygens (including phenoxy) is 2. The Morgan fingerprint density at radius 2 is 2.09 bits per heavy atom. The van der Waals surface area contributed by atoms with Gasteiger partial charge < -0.3 is 9.47 Å².